The van der Waals surface area contributed by atoms with E-state index >= 15 is 0 Å². The van der Waals surface area contributed by atoms with Crippen LogP contribution in [0.2, 0.25) is 0 Å². The van der Waals surface area contributed by atoms with Crippen molar-refractivity contribution >= 4 is 11.6 Å². The van der Waals surface area contributed by atoms with Gasteiger partial charge in [0.2, 0.25) is 0 Å². The number of carbonyl (C=O) groups is 1. The minimum absolute atomic E-state index is 0.118. The molecule has 0 saturated heterocycles. The molecule has 0 atom stereocenters. The van der Waals surface area contributed by atoms with Crippen molar-refractivity contribution in [3.8, 4) is 5.75 Å². The van der Waals surface area contributed by atoms with Crippen molar-refractivity contribution < 1.29 is 9.53 Å². The molecule has 0 aliphatic carbocycles. The first-order valence-corrected chi connectivity index (χ1v) is 8.34. The zero-order valence-corrected chi connectivity index (χ0v) is 14.3. The number of hydrogen-bond donors (Lipinski definition) is 2. The summed E-state index contributed by atoms with van der Waals surface area (Å²) in [6.45, 7) is 3.53. The highest BCUT2D eigenvalue weighted by atomic mass is 16.5. The van der Waals surface area contributed by atoms with Gasteiger partial charge in [0.25, 0.3) is 5.91 Å². The van der Waals surface area contributed by atoms with Crippen molar-refractivity contribution in [2.45, 2.75) is 32.7 Å². The smallest absolute Gasteiger partial charge is 0.269 e. The minimum Gasteiger partial charge on any atom is -0.497 e. The van der Waals surface area contributed by atoms with Crippen LogP contribution in [0.4, 0.5) is 5.69 Å². The highest BCUT2D eigenvalue weighted by Gasteiger charge is 2.06. The molecule has 0 radical (unpaired) electrons. The van der Waals surface area contributed by atoms with Crippen LogP contribution >= 0.6 is 0 Å². The minimum atomic E-state index is -0.118. The van der Waals surface area contributed by atoms with Crippen LogP contribution in [0, 0.1) is 0 Å². The van der Waals surface area contributed by atoms with Crippen LogP contribution in [0.15, 0.2) is 42.6 Å². The number of hydrogen-bond acceptors (Lipinski definition) is 4. The molecular weight excluding hydrogens is 302 g/mol. The molecule has 24 heavy (non-hydrogen) atoms. The summed E-state index contributed by atoms with van der Waals surface area (Å²) in [5.41, 5.74) is 2.48. The Kier molecular flexibility index (Phi) is 7.08. The first kappa shape index (κ1) is 17.8. The van der Waals surface area contributed by atoms with Crippen LogP contribution in [0.1, 0.15) is 42.2 Å². The molecule has 1 heterocycles. The van der Waals surface area contributed by atoms with Gasteiger partial charge in [-0.1, -0.05) is 31.9 Å². The Morgan fingerprint density at radius 1 is 1.12 bits per heavy atom. The van der Waals surface area contributed by atoms with Gasteiger partial charge in [-0.15, -0.1) is 0 Å². The molecule has 1 amide bonds. The van der Waals surface area contributed by atoms with Crippen molar-refractivity contribution in [2.75, 3.05) is 19.0 Å². The van der Waals surface area contributed by atoms with Crippen LogP contribution < -0.4 is 15.4 Å². The van der Waals surface area contributed by atoms with Gasteiger partial charge in [0, 0.05) is 13.1 Å². The molecule has 1 aromatic heterocycles. The number of nitrogens with one attached hydrogen (secondary N) is 2. The number of anilines is 1. The Morgan fingerprint density at radius 2 is 1.92 bits per heavy atom. The standard InChI is InChI=1S/C19H25N3O2/c1-3-4-5-12-20-19(23)18-11-8-16(14-22-18)21-13-15-6-9-17(24-2)10-7-15/h6-11,14,21H,3-5,12-13H2,1-2H3,(H,20,23). The van der Waals surface area contributed by atoms with Gasteiger partial charge >= 0.3 is 0 Å². The van der Waals surface area contributed by atoms with E-state index in [-0.39, 0.29) is 5.91 Å². The van der Waals surface area contributed by atoms with Gasteiger partial charge in [-0.25, -0.2) is 4.98 Å². The summed E-state index contributed by atoms with van der Waals surface area (Å²) in [5.74, 6) is 0.725. The maximum atomic E-state index is 12.0. The number of rotatable bonds is 9. The Bertz CT molecular complexity index is 624. The molecule has 128 valence electrons. The summed E-state index contributed by atoms with van der Waals surface area (Å²) in [7, 11) is 1.65. The number of amides is 1. The first-order valence-electron chi connectivity index (χ1n) is 8.34. The molecule has 0 unspecified atom stereocenters. The quantitative estimate of drug-likeness (QED) is 0.691. The van der Waals surface area contributed by atoms with E-state index in [4.69, 9.17) is 4.74 Å². The Hall–Kier alpha value is -2.56. The second kappa shape index (κ2) is 9.55. The predicted octanol–water partition coefficient (Wildman–Crippen LogP) is 3.62. The fraction of sp³-hybridized carbons (Fsp3) is 0.368. The third-order valence-corrected chi connectivity index (χ3v) is 3.72. The fourth-order valence-corrected chi connectivity index (χ4v) is 2.25. The average Bonchev–Trinajstić information content (AvgIpc) is 2.64. The molecule has 2 aromatic rings. The van der Waals surface area contributed by atoms with E-state index in [0.717, 1.165) is 36.3 Å². The van der Waals surface area contributed by atoms with Crippen LogP contribution in [-0.4, -0.2) is 24.5 Å². The lowest BCUT2D eigenvalue weighted by Gasteiger charge is -2.08. The van der Waals surface area contributed by atoms with Gasteiger partial charge in [0.1, 0.15) is 11.4 Å². The van der Waals surface area contributed by atoms with E-state index in [1.165, 1.54) is 0 Å². The number of ether oxygens (including phenoxy) is 1. The van der Waals surface area contributed by atoms with Crippen molar-refractivity contribution in [2.24, 2.45) is 0 Å². The number of benzene rings is 1. The lowest BCUT2D eigenvalue weighted by Crippen LogP contribution is -2.25. The number of unbranched alkanes of at least 4 members (excludes halogenated alkanes) is 2. The molecule has 0 fully saturated rings. The molecule has 0 spiro atoms. The Morgan fingerprint density at radius 3 is 2.54 bits per heavy atom. The molecule has 2 N–H and O–H groups in total. The third kappa shape index (κ3) is 5.57. The third-order valence-electron chi connectivity index (χ3n) is 3.72. The van der Waals surface area contributed by atoms with E-state index in [9.17, 15) is 4.79 Å². The van der Waals surface area contributed by atoms with Crippen molar-refractivity contribution in [3.63, 3.8) is 0 Å². The topological polar surface area (TPSA) is 63.2 Å². The maximum Gasteiger partial charge on any atom is 0.269 e. The highest BCUT2D eigenvalue weighted by molar-refractivity contribution is 5.92. The van der Waals surface area contributed by atoms with Gasteiger partial charge in [-0.3, -0.25) is 4.79 Å². The van der Waals surface area contributed by atoms with Crippen LogP contribution in [0.3, 0.4) is 0 Å². The monoisotopic (exact) mass is 327 g/mol. The zero-order chi connectivity index (χ0) is 17.2. The van der Waals surface area contributed by atoms with E-state index in [2.05, 4.69) is 22.5 Å². The van der Waals surface area contributed by atoms with E-state index in [1.54, 1.807) is 19.4 Å². The number of nitrogens with zero attached hydrogens (tertiary/aromatic N) is 1. The Balaban J connectivity index is 1.81. The van der Waals surface area contributed by atoms with Crippen molar-refractivity contribution in [3.05, 3.63) is 53.9 Å². The molecule has 5 nitrogen and oxygen atoms in total. The first-order chi connectivity index (χ1) is 11.7. The second-order valence-electron chi connectivity index (χ2n) is 5.60. The molecule has 2 rings (SSSR count). The van der Waals surface area contributed by atoms with Crippen LogP contribution in [-0.2, 0) is 6.54 Å². The van der Waals surface area contributed by atoms with Crippen LogP contribution in [0.25, 0.3) is 0 Å². The van der Waals surface area contributed by atoms with Gasteiger partial charge in [0.05, 0.1) is 19.0 Å². The summed E-state index contributed by atoms with van der Waals surface area (Å²) in [6, 6.07) is 11.5. The fourth-order valence-electron chi connectivity index (χ4n) is 2.25. The van der Waals surface area contributed by atoms with Gasteiger partial charge in [-0.05, 0) is 36.2 Å². The molecule has 0 aliphatic rings. The van der Waals surface area contributed by atoms with Gasteiger partial charge in [-0.2, -0.15) is 0 Å². The molecule has 0 aliphatic heterocycles. The lowest BCUT2D eigenvalue weighted by molar-refractivity contribution is 0.0948. The number of methoxy groups -OCH3 is 1. The predicted molar refractivity (Wildman–Crippen MR) is 96.4 cm³/mol. The summed E-state index contributed by atoms with van der Waals surface area (Å²) in [5, 5.41) is 6.18. The number of pyridine rings is 1. The molecule has 0 saturated carbocycles. The SMILES string of the molecule is CCCCCNC(=O)c1ccc(NCc2ccc(OC)cc2)cn1. The highest BCUT2D eigenvalue weighted by Crippen LogP contribution is 2.13. The van der Waals surface area contributed by atoms with E-state index < -0.39 is 0 Å². The normalized spacial score (nSPS) is 10.2. The van der Waals surface area contributed by atoms with Gasteiger partial charge in [0.15, 0.2) is 0 Å². The summed E-state index contributed by atoms with van der Waals surface area (Å²) in [6.07, 6.45) is 4.96. The van der Waals surface area contributed by atoms with E-state index in [1.807, 2.05) is 30.3 Å². The Labute approximate surface area is 143 Å². The number of aromatic nitrogens is 1. The van der Waals surface area contributed by atoms with Gasteiger partial charge < -0.3 is 15.4 Å². The van der Waals surface area contributed by atoms with Crippen molar-refractivity contribution in [1.82, 2.24) is 10.3 Å². The summed E-state index contributed by atoms with van der Waals surface area (Å²) in [4.78, 5) is 16.2. The molecule has 0 bridgehead atoms. The van der Waals surface area contributed by atoms with Crippen LogP contribution in [0.5, 0.6) is 5.75 Å². The molecule has 5 heteroatoms. The van der Waals surface area contributed by atoms with Crippen molar-refractivity contribution in [1.29, 1.82) is 0 Å². The molecular formula is C19H25N3O2. The average molecular weight is 327 g/mol. The zero-order valence-electron chi connectivity index (χ0n) is 14.3. The summed E-state index contributed by atoms with van der Waals surface area (Å²) < 4.78 is 5.14. The van der Waals surface area contributed by atoms with E-state index in [0.29, 0.717) is 18.8 Å². The lowest BCUT2D eigenvalue weighted by atomic mass is 10.2. The largest absolute Gasteiger partial charge is 0.497 e. The second-order valence-corrected chi connectivity index (χ2v) is 5.60. The molecule has 1 aromatic carbocycles. The number of carbonyl (C=O) groups excluding carboxylic acids is 1. The maximum absolute atomic E-state index is 12.0. The summed E-state index contributed by atoms with van der Waals surface area (Å²) >= 11 is 0.